The van der Waals surface area contributed by atoms with Crippen LogP contribution in [0.1, 0.15) is 22.1 Å². The first-order valence-electron chi connectivity index (χ1n) is 3.71. The van der Waals surface area contributed by atoms with E-state index in [1.165, 1.54) is 12.1 Å². The van der Waals surface area contributed by atoms with Crippen molar-refractivity contribution in [1.82, 2.24) is 0 Å². The van der Waals surface area contributed by atoms with Gasteiger partial charge in [-0.2, -0.15) is 13.2 Å². The minimum absolute atomic E-state index is 0.202. The lowest BCUT2D eigenvalue weighted by atomic mass is 10.0. The van der Waals surface area contributed by atoms with Crippen LogP contribution < -0.4 is 0 Å². The van der Waals surface area contributed by atoms with Gasteiger partial charge < -0.3 is 0 Å². The SMILES string of the molecule is O=Cc1ccccc1C(F)C(F)(F)F. The molecule has 0 fully saturated rings. The Labute approximate surface area is 77.3 Å². The lowest BCUT2D eigenvalue weighted by Gasteiger charge is -2.13. The van der Waals surface area contributed by atoms with Gasteiger partial charge in [0, 0.05) is 11.1 Å². The van der Waals surface area contributed by atoms with Crippen LogP contribution in [0.3, 0.4) is 0 Å². The molecule has 76 valence electrons. The Morgan fingerprint density at radius 2 is 1.79 bits per heavy atom. The number of halogens is 4. The molecule has 5 heteroatoms. The number of hydrogen-bond acceptors (Lipinski definition) is 1. The molecule has 1 nitrogen and oxygen atoms in total. The number of carbonyl (C=O) groups is 1. The Hall–Kier alpha value is -1.39. The maximum Gasteiger partial charge on any atom is 0.423 e. The summed E-state index contributed by atoms with van der Waals surface area (Å²) in [5.41, 5.74) is -0.924. The van der Waals surface area contributed by atoms with E-state index in [1.807, 2.05) is 0 Å². The van der Waals surface area contributed by atoms with Gasteiger partial charge in [0.2, 0.25) is 6.17 Å². The Bertz CT molecular complexity index is 332. The predicted octanol–water partition coefficient (Wildman–Crippen LogP) is 3.07. The van der Waals surface area contributed by atoms with Gasteiger partial charge in [0.05, 0.1) is 0 Å². The summed E-state index contributed by atoms with van der Waals surface area (Å²) in [6.07, 6.45) is -7.88. The summed E-state index contributed by atoms with van der Waals surface area (Å²) >= 11 is 0. The molecule has 0 radical (unpaired) electrons. The van der Waals surface area contributed by atoms with Crippen LogP contribution in [0, 0.1) is 0 Å². The summed E-state index contributed by atoms with van der Waals surface area (Å²) in [7, 11) is 0. The summed E-state index contributed by atoms with van der Waals surface area (Å²) in [5.74, 6) is 0. The standard InChI is InChI=1S/C9H6F4O/c10-8(9(11,12)13)7-4-2-1-3-6(7)5-14/h1-5,8H. The molecule has 1 aromatic rings. The van der Waals surface area contributed by atoms with Crippen LogP contribution >= 0.6 is 0 Å². The highest BCUT2D eigenvalue weighted by Crippen LogP contribution is 2.36. The molecule has 0 bridgehead atoms. The van der Waals surface area contributed by atoms with Gasteiger partial charge in [0.15, 0.2) is 0 Å². The quantitative estimate of drug-likeness (QED) is 0.536. The summed E-state index contributed by atoms with van der Waals surface area (Å²) in [6.45, 7) is 0. The van der Waals surface area contributed by atoms with Crippen LogP contribution in [-0.4, -0.2) is 12.5 Å². The van der Waals surface area contributed by atoms with Crippen LogP contribution in [0.25, 0.3) is 0 Å². The summed E-state index contributed by atoms with van der Waals surface area (Å²) in [6, 6.07) is 4.71. The van der Waals surface area contributed by atoms with Gasteiger partial charge in [-0.1, -0.05) is 24.3 Å². The molecule has 0 aliphatic carbocycles. The highest BCUT2D eigenvalue weighted by Gasteiger charge is 2.42. The monoisotopic (exact) mass is 206 g/mol. The smallest absolute Gasteiger partial charge is 0.298 e. The third kappa shape index (κ3) is 2.10. The van der Waals surface area contributed by atoms with Crippen molar-refractivity contribution in [2.75, 3.05) is 0 Å². The van der Waals surface area contributed by atoms with E-state index in [1.54, 1.807) is 0 Å². The highest BCUT2D eigenvalue weighted by atomic mass is 19.4. The van der Waals surface area contributed by atoms with Gasteiger partial charge in [-0.25, -0.2) is 4.39 Å². The van der Waals surface area contributed by atoms with Crippen LogP contribution in [0.4, 0.5) is 17.6 Å². The van der Waals surface area contributed by atoms with Gasteiger partial charge in [0.1, 0.15) is 6.29 Å². The van der Waals surface area contributed by atoms with E-state index in [4.69, 9.17) is 0 Å². The van der Waals surface area contributed by atoms with E-state index in [-0.39, 0.29) is 11.8 Å². The normalized spacial score (nSPS) is 13.7. The molecular formula is C9H6F4O. The van der Waals surface area contributed by atoms with E-state index in [2.05, 4.69) is 0 Å². The minimum Gasteiger partial charge on any atom is -0.298 e. The Morgan fingerprint density at radius 3 is 2.29 bits per heavy atom. The predicted molar refractivity (Wildman–Crippen MR) is 41.7 cm³/mol. The van der Waals surface area contributed by atoms with Crippen LogP contribution in [0.5, 0.6) is 0 Å². The van der Waals surface area contributed by atoms with Gasteiger partial charge in [0.25, 0.3) is 0 Å². The van der Waals surface area contributed by atoms with Gasteiger partial charge >= 0.3 is 6.18 Å². The van der Waals surface area contributed by atoms with E-state index >= 15 is 0 Å². The molecule has 1 rings (SSSR count). The van der Waals surface area contributed by atoms with Gasteiger partial charge in [-0.15, -0.1) is 0 Å². The fraction of sp³-hybridized carbons (Fsp3) is 0.222. The number of carbonyl (C=O) groups excluding carboxylic acids is 1. The fourth-order valence-electron chi connectivity index (χ4n) is 1.03. The topological polar surface area (TPSA) is 17.1 Å². The van der Waals surface area contributed by atoms with Crippen molar-refractivity contribution >= 4 is 6.29 Å². The van der Waals surface area contributed by atoms with Crippen molar-refractivity contribution in [3.8, 4) is 0 Å². The van der Waals surface area contributed by atoms with Crippen LogP contribution in [0.2, 0.25) is 0 Å². The average Bonchev–Trinajstić information content (AvgIpc) is 2.15. The van der Waals surface area contributed by atoms with Crippen molar-refractivity contribution in [3.05, 3.63) is 35.4 Å². The van der Waals surface area contributed by atoms with Crippen molar-refractivity contribution in [1.29, 1.82) is 0 Å². The molecule has 0 aliphatic rings. The molecule has 0 aliphatic heterocycles. The second-order valence-corrected chi connectivity index (χ2v) is 2.65. The average molecular weight is 206 g/mol. The zero-order valence-corrected chi connectivity index (χ0v) is 6.88. The first-order chi connectivity index (χ1) is 6.46. The zero-order valence-electron chi connectivity index (χ0n) is 6.88. The third-order valence-electron chi connectivity index (χ3n) is 1.68. The van der Waals surface area contributed by atoms with Crippen molar-refractivity contribution < 1.29 is 22.4 Å². The minimum atomic E-state index is -4.97. The molecule has 0 aromatic heterocycles. The van der Waals surface area contributed by atoms with Crippen molar-refractivity contribution in [3.63, 3.8) is 0 Å². The highest BCUT2D eigenvalue weighted by molar-refractivity contribution is 5.77. The number of hydrogen-bond donors (Lipinski definition) is 0. The second kappa shape index (κ2) is 3.77. The molecule has 14 heavy (non-hydrogen) atoms. The Kier molecular flexibility index (Phi) is 2.88. The molecule has 1 aromatic carbocycles. The number of benzene rings is 1. The number of alkyl halides is 4. The summed E-state index contributed by atoms with van der Waals surface area (Å²) in [4.78, 5) is 10.3. The van der Waals surface area contributed by atoms with Gasteiger partial charge in [-0.05, 0) is 0 Å². The van der Waals surface area contributed by atoms with E-state index in [0.29, 0.717) is 0 Å². The summed E-state index contributed by atoms with van der Waals surface area (Å²) in [5, 5.41) is 0. The second-order valence-electron chi connectivity index (χ2n) is 2.65. The van der Waals surface area contributed by atoms with Crippen molar-refractivity contribution in [2.45, 2.75) is 12.3 Å². The van der Waals surface area contributed by atoms with E-state index in [0.717, 1.165) is 12.1 Å². The first-order valence-corrected chi connectivity index (χ1v) is 3.71. The Balaban J connectivity index is 3.12. The largest absolute Gasteiger partial charge is 0.423 e. The lowest BCUT2D eigenvalue weighted by molar-refractivity contribution is -0.182. The molecule has 0 saturated carbocycles. The molecule has 1 atom stereocenters. The summed E-state index contributed by atoms with van der Waals surface area (Å²) < 4.78 is 48.7. The lowest BCUT2D eigenvalue weighted by Crippen LogP contribution is -2.17. The number of rotatable bonds is 2. The fourth-order valence-corrected chi connectivity index (χ4v) is 1.03. The van der Waals surface area contributed by atoms with Crippen molar-refractivity contribution in [2.24, 2.45) is 0 Å². The molecular weight excluding hydrogens is 200 g/mol. The van der Waals surface area contributed by atoms with E-state index < -0.39 is 17.9 Å². The number of aldehydes is 1. The molecule has 0 heterocycles. The zero-order chi connectivity index (χ0) is 10.8. The molecule has 0 N–H and O–H groups in total. The molecule has 1 unspecified atom stereocenters. The van der Waals surface area contributed by atoms with Crippen LogP contribution in [-0.2, 0) is 0 Å². The first kappa shape index (κ1) is 10.7. The molecule has 0 spiro atoms. The molecule has 0 amide bonds. The van der Waals surface area contributed by atoms with E-state index in [9.17, 15) is 22.4 Å². The Morgan fingerprint density at radius 1 is 1.21 bits per heavy atom. The van der Waals surface area contributed by atoms with Crippen LogP contribution in [0.15, 0.2) is 24.3 Å². The molecule has 0 saturated heterocycles. The van der Waals surface area contributed by atoms with Gasteiger partial charge in [-0.3, -0.25) is 4.79 Å². The maximum atomic E-state index is 12.8. The third-order valence-corrected chi connectivity index (χ3v) is 1.68. The maximum absolute atomic E-state index is 12.8.